The van der Waals surface area contributed by atoms with Crippen LogP contribution in [0.4, 0.5) is 4.79 Å². The summed E-state index contributed by atoms with van der Waals surface area (Å²) in [5.41, 5.74) is 0.582. The van der Waals surface area contributed by atoms with Crippen molar-refractivity contribution in [3.8, 4) is 0 Å². The van der Waals surface area contributed by atoms with Crippen molar-refractivity contribution in [1.82, 2.24) is 10.6 Å². The Bertz CT molecular complexity index is 463. The minimum Gasteiger partial charge on any atom is -0.480 e. The minimum atomic E-state index is -1.03. The number of aryl methyl sites for hydroxylation is 1. The Labute approximate surface area is 117 Å². The summed E-state index contributed by atoms with van der Waals surface area (Å²) in [7, 11) is 0. The zero-order chi connectivity index (χ0) is 14.6. The Morgan fingerprint density at radius 1 is 1.42 bits per heavy atom. The number of hydrogen-bond donors (Lipinski definition) is 3. The number of rotatable bonds is 4. The summed E-state index contributed by atoms with van der Waals surface area (Å²) in [5.74, 6) is -1.03. The molecule has 2 amide bonds. The number of urea groups is 1. The quantitative estimate of drug-likeness (QED) is 0.794. The van der Waals surface area contributed by atoms with E-state index >= 15 is 0 Å². The van der Waals surface area contributed by atoms with Crippen LogP contribution in [0.5, 0.6) is 0 Å². The molecule has 19 heavy (non-hydrogen) atoms. The molecule has 5 nitrogen and oxygen atoms in total. The SMILES string of the molecule is Cc1ccsc1CNC(=O)N[C@H](C(=O)O)C(C)(C)C. The molecular weight excluding hydrogens is 264 g/mol. The van der Waals surface area contributed by atoms with Gasteiger partial charge in [-0.2, -0.15) is 0 Å². The lowest BCUT2D eigenvalue weighted by Gasteiger charge is -2.27. The van der Waals surface area contributed by atoms with Gasteiger partial charge in [-0.1, -0.05) is 20.8 Å². The van der Waals surface area contributed by atoms with Gasteiger partial charge in [-0.25, -0.2) is 9.59 Å². The molecule has 0 aliphatic rings. The second-order valence-corrected chi connectivity index (χ2v) is 6.49. The molecule has 0 bridgehead atoms. The number of carbonyl (C=O) groups is 2. The monoisotopic (exact) mass is 284 g/mol. The highest BCUT2D eigenvalue weighted by atomic mass is 32.1. The molecule has 6 heteroatoms. The van der Waals surface area contributed by atoms with Crippen LogP contribution in [0.1, 0.15) is 31.2 Å². The molecule has 3 N–H and O–H groups in total. The predicted molar refractivity (Wildman–Crippen MR) is 75.3 cm³/mol. The Kier molecular flexibility index (Phi) is 4.94. The maximum Gasteiger partial charge on any atom is 0.326 e. The van der Waals surface area contributed by atoms with Crippen molar-refractivity contribution in [2.75, 3.05) is 0 Å². The normalized spacial score (nSPS) is 12.8. The van der Waals surface area contributed by atoms with Crippen LogP contribution in [0.25, 0.3) is 0 Å². The highest BCUT2D eigenvalue weighted by molar-refractivity contribution is 7.10. The molecule has 1 rings (SSSR count). The average molecular weight is 284 g/mol. The van der Waals surface area contributed by atoms with Crippen molar-refractivity contribution in [1.29, 1.82) is 0 Å². The Hall–Kier alpha value is -1.56. The van der Waals surface area contributed by atoms with Crippen molar-refractivity contribution in [3.63, 3.8) is 0 Å². The van der Waals surface area contributed by atoms with E-state index in [4.69, 9.17) is 5.11 Å². The van der Waals surface area contributed by atoms with E-state index in [0.29, 0.717) is 6.54 Å². The van der Waals surface area contributed by atoms with Gasteiger partial charge in [-0.05, 0) is 29.3 Å². The summed E-state index contributed by atoms with van der Waals surface area (Å²) < 4.78 is 0. The van der Waals surface area contributed by atoms with Gasteiger partial charge in [-0.15, -0.1) is 11.3 Å². The summed E-state index contributed by atoms with van der Waals surface area (Å²) in [5, 5.41) is 16.2. The maximum absolute atomic E-state index is 11.7. The second kappa shape index (κ2) is 6.06. The van der Waals surface area contributed by atoms with Crippen LogP contribution in [-0.2, 0) is 11.3 Å². The average Bonchev–Trinajstić information content (AvgIpc) is 2.67. The molecule has 0 aliphatic carbocycles. The van der Waals surface area contributed by atoms with Crippen LogP contribution in [0, 0.1) is 12.3 Å². The topological polar surface area (TPSA) is 78.4 Å². The number of aliphatic carboxylic acids is 1. The van der Waals surface area contributed by atoms with Gasteiger partial charge in [0.25, 0.3) is 0 Å². The van der Waals surface area contributed by atoms with Crippen LogP contribution in [0.3, 0.4) is 0 Å². The molecule has 0 spiro atoms. The van der Waals surface area contributed by atoms with Gasteiger partial charge >= 0.3 is 12.0 Å². The second-order valence-electron chi connectivity index (χ2n) is 5.49. The van der Waals surface area contributed by atoms with Gasteiger partial charge < -0.3 is 15.7 Å². The first-order valence-electron chi connectivity index (χ1n) is 6.02. The standard InChI is InChI=1S/C13H20N2O3S/c1-8-5-6-19-9(8)7-14-12(18)15-10(11(16)17)13(2,3)4/h5-6,10H,7H2,1-4H3,(H,16,17)(H2,14,15,18)/t10-/m1/s1. The third-order valence-electron chi connectivity index (χ3n) is 2.77. The third kappa shape index (κ3) is 4.55. The minimum absolute atomic E-state index is 0.409. The van der Waals surface area contributed by atoms with E-state index in [2.05, 4.69) is 10.6 Å². The zero-order valence-electron chi connectivity index (χ0n) is 11.6. The number of carbonyl (C=O) groups excluding carboxylic acids is 1. The zero-order valence-corrected chi connectivity index (χ0v) is 12.4. The number of carboxylic acid groups (broad SMARTS) is 1. The van der Waals surface area contributed by atoms with Crippen LogP contribution in [0.2, 0.25) is 0 Å². The fourth-order valence-electron chi connectivity index (χ4n) is 1.58. The molecule has 0 saturated heterocycles. The molecular formula is C13H20N2O3S. The van der Waals surface area contributed by atoms with Gasteiger partial charge in [0.2, 0.25) is 0 Å². The van der Waals surface area contributed by atoms with Gasteiger partial charge in [0, 0.05) is 4.88 Å². The summed E-state index contributed by atoms with van der Waals surface area (Å²) in [6.45, 7) is 7.70. The first-order chi connectivity index (χ1) is 8.71. The van der Waals surface area contributed by atoms with Crippen LogP contribution in [0.15, 0.2) is 11.4 Å². The number of amides is 2. The molecule has 0 radical (unpaired) electrons. The lowest BCUT2D eigenvalue weighted by molar-refractivity contribution is -0.141. The molecule has 1 atom stereocenters. The first kappa shape index (κ1) is 15.5. The van der Waals surface area contributed by atoms with E-state index in [1.165, 1.54) is 0 Å². The van der Waals surface area contributed by atoms with Gasteiger partial charge in [0.1, 0.15) is 6.04 Å². The van der Waals surface area contributed by atoms with Crippen molar-refractivity contribution in [2.24, 2.45) is 5.41 Å². The fourth-order valence-corrected chi connectivity index (χ4v) is 2.42. The molecule has 106 valence electrons. The third-order valence-corrected chi connectivity index (χ3v) is 3.79. The van der Waals surface area contributed by atoms with Crippen molar-refractivity contribution < 1.29 is 14.7 Å². The van der Waals surface area contributed by atoms with Crippen molar-refractivity contribution in [3.05, 3.63) is 21.9 Å². The Balaban J connectivity index is 2.55. The smallest absolute Gasteiger partial charge is 0.326 e. The van der Waals surface area contributed by atoms with E-state index in [1.54, 1.807) is 32.1 Å². The van der Waals surface area contributed by atoms with E-state index in [0.717, 1.165) is 10.4 Å². The highest BCUT2D eigenvalue weighted by Gasteiger charge is 2.32. The Morgan fingerprint density at radius 2 is 2.05 bits per heavy atom. The molecule has 0 saturated carbocycles. The summed E-state index contributed by atoms with van der Waals surface area (Å²) in [6.07, 6.45) is 0. The van der Waals surface area contributed by atoms with Crippen molar-refractivity contribution in [2.45, 2.75) is 40.3 Å². The molecule has 0 unspecified atom stereocenters. The predicted octanol–water partition coefficient (Wildman–Crippen LogP) is 2.36. The van der Waals surface area contributed by atoms with E-state index in [1.807, 2.05) is 18.4 Å². The molecule has 1 heterocycles. The molecule has 0 fully saturated rings. The van der Waals surface area contributed by atoms with E-state index < -0.39 is 23.5 Å². The maximum atomic E-state index is 11.7. The van der Waals surface area contributed by atoms with Crippen LogP contribution < -0.4 is 10.6 Å². The number of thiophene rings is 1. The van der Waals surface area contributed by atoms with Crippen LogP contribution in [-0.4, -0.2) is 23.1 Å². The first-order valence-corrected chi connectivity index (χ1v) is 6.90. The Morgan fingerprint density at radius 3 is 2.47 bits per heavy atom. The summed E-state index contributed by atoms with van der Waals surface area (Å²) in [6, 6.07) is 0.599. The number of carboxylic acids is 1. The molecule has 0 aliphatic heterocycles. The molecule has 1 aromatic rings. The van der Waals surface area contributed by atoms with E-state index in [-0.39, 0.29) is 0 Å². The van der Waals surface area contributed by atoms with Crippen LogP contribution >= 0.6 is 11.3 Å². The summed E-state index contributed by atoms with van der Waals surface area (Å²) in [4.78, 5) is 23.9. The molecule has 0 aromatic carbocycles. The van der Waals surface area contributed by atoms with E-state index in [9.17, 15) is 9.59 Å². The molecule has 1 aromatic heterocycles. The van der Waals surface area contributed by atoms with Gasteiger partial charge in [-0.3, -0.25) is 0 Å². The fraction of sp³-hybridized carbons (Fsp3) is 0.538. The lowest BCUT2D eigenvalue weighted by Crippen LogP contribution is -2.52. The summed E-state index contributed by atoms with van der Waals surface area (Å²) >= 11 is 1.56. The van der Waals surface area contributed by atoms with Gasteiger partial charge in [0.15, 0.2) is 0 Å². The largest absolute Gasteiger partial charge is 0.480 e. The highest BCUT2D eigenvalue weighted by Crippen LogP contribution is 2.19. The van der Waals surface area contributed by atoms with Crippen molar-refractivity contribution >= 4 is 23.3 Å². The lowest BCUT2D eigenvalue weighted by atomic mass is 9.87. The number of nitrogens with one attached hydrogen (secondary N) is 2. The van der Waals surface area contributed by atoms with Gasteiger partial charge in [0.05, 0.1) is 6.54 Å². The number of hydrogen-bond acceptors (Lipinski definition) is 3.